The smallest absolute Gasteiger partial charge is 0.156 e. The Morgan fingerprint density at radius 1 is 1.00 bits per heavy atom. The number of thioether (sulfide) groups is 1. The Hall–Kier alpha value is -0.740. The molecule has 0 bridgehead atoms. The highest BCUT2D eigenvalue weighted by Gasteiger charge is 2.09. The first kappa shape index (κ1) is 15.6. The van der Waals surface area contributed by atoms with Gasteiger partial charge in [-0.05, 0) is 24.3 Å². The van der Waals surface area contributed by atoms with Gasteiger partial charge in [-0.3, -0.25) is 0 Å². The van der Waals surface area contributed by atoms with Crippen LogP contribution in [0.15, 0.2) is 41.3 Å². The third kappa shape index (κ3) is 4.38. The van der Waals surface area contributed by atoms with E-state index in [2.05, 4.69) is 0 Å². The Labute approximate surface area is 136 Å². The molecule has 0 saturated carbocycles. The van der Waals surface area contributed by atoms with Crippen LogP contribution in [0.5, 0.6) is 11.5 Å². The highest BCUT2D eigenvalue weighted by Crippen LogP contribution is 2.36. The van der Waals surface area contributed by atoms with Crippen molar-refractivity contribution in [3.05, 3.63) is 51.5 Å². The van der Waals surface area contributed by atoms with E-state index in [-0.39, 0.29) is 5.75 Å². The molecule has 2 rings (SSSR count). The minimum atomic E-state index is 0.0166. The summed E-state index contributed by atoms with van der Waals surface area (Å²) in [5, 5.41) is 10.6. The average Bonchev–Trinajstić information content (AvgIpc) is 2.39. The van der Waals surface area contributed by atoms with E-state index in [1.165, 1.54) is 12.1 Å². The van der Waals surface area contributed by atoms with Crippen molar-refractivity contribution in [3.8, 4) is 11.5 Å². The molecule has 2 aromatic rings. The highest BCUT2D eigenvalue weighted by molar-refractivity contribution is 7.99. The van der Waals surface area contributed by atoms with E-state index in [1.54, 1.807) is 11.8 Å². The molecule has 1 N–H and O–H groups in total. The molecular formula is C14H11Cl3O2S. The Balaban J connectivity index is 1.86. The molecule has 20 heavy (non-hydrogen) atoms. The molecule has 0 aliphatic carbocycles. The zero-order valence-corrected chi connectivity index (χ0v) is 13.4. The van der Waals surface area contributed by atoms with Gasteiger partial charge in [-0.15, -0.1) is 11.8 Å². The summed E-state index contributed by atoms with van der Waals surface area (Å²) in [6.45, 7) is 0.456. The van der Waals surface area contributed by atoms with Gasteiger partial charge in [0, 0.05) is 27.8 Å². The maximum absolute atomic E-state index is 9.32. The van der Waals surface area contributed by atoms with Gasteiger partial charge in [0.25, 0.3) is 0 Å². The Bertz CT molecular complexity index is 564. The van der Waals surface area contributed by atoms with Crippen LogP contribution in [0.1, 0.15) is 0 Å². The Morgan fingerprint density at radius 2 is 1.60 bits per heavy atom. The van der Waals surface area contributed by atoms with Gasteiger partial charge in [-0.1, -0.05) is 34.8 Å². The normalized spacial score (nSPS) is 10.6. The SMILES string of the molecule is Oc1cc(Cl)c(OCCSc2ccc(Cl)cc2)c(Cl)c1. The van der Waals surface area contributed by atoms with Crippen LogP contribution in [0, 0.1) is 0 Å². The molecule has 0 amide bonds. The van der Waals surface area contributed by atoms with E-state index in [0.29, 0.717) is 27.4 Å². The lowest BCUT2D eigenvalue weighted by atomic mass is 10.3. The monoisotopic (exact) mass is 348 g/mol. The molecule has 2 aromatic carbocycles. The third-order valence-corrected chi connectivity index (χ3v) is 4.18. The number of aromatic hydroxyl groups is 1. The number of ether oxygens (including phenoxy) is 1. The van der Waals surface area contributed by atoms with E-state index in [0.717, 1.165) is 10.6 Å². The van der Waals surface area contributed by atoms with Gasteiger partial charge < -0.3 is 9.84 Å². The number of halogens is 3. The number of rotatable bonds is 5. The van der Waals surface area contributed by atoms with E-state index < -0.39 is 0 Å². The fraction of sp³-hybridized carbons (Fsp3) is 0.143. The van der Waals surface area contributed by atoms with Crippen molar-refractivity contribution in [2.45, 2.75) is 4.90 Å². The van der Waals surface area contributed by atoms with Gasteiger partial charge in [-0.25, -0.2) is 0 Å². The first-order valence-electron chi connectivity index (χ1n) is 5.75. The van der Waals surface area contributed by atoms with E-state index in [9.17, 15) is 5.11 Å². The number of hydrogen-bond donors (Lipinski definition) is 1. The van der Waals surface area contributed by atoms with Crippen molar-refractivity contribution in [2.24, 2.45) is 0 Å². The van der Waals surface area contributed by atoms with E-state index in [4.69, 9.17) is 39.5 Å². The Kier molecular flexibility index (Phi) is 5.73. The second-order valence-electron chi connectivity index (χ2n) is 3.89. The van der Waals surface area contributed by atoms with Gasteiger partial charge in [0.15, 0.2) is 5.75 Å². The number of hydrogen-bond acceptors (Lipinski definition) is 3. The fourth-order valence-corrected chi connectivity index (χ4v) is 2.96. The number of phenols is 1. The minimum Gasteiger partial charge on any atom is -0.508 e. The predicted octanol–water partition coefficient (Wildman–Crippen LogP) is 5.52. The molecule has 6 heteroatoms. The van der Waals surface area contributed by atoms with Crippen LogP contribution in [-0.4, -0.2) is 17.5 Å². The van der Waals surface area contributed by atoms with E-state index in [1.807, 2.05) is 24.3 Å². The van der Waals surface area contributed by atoms with Crippen molar-refractivity contribution < 1.29 is 9.84 Å². The lowest BCUT2D eigenvalue weighted by Gasteiger charge is -2.10. The molecule has 2 nitrogen and oxygen atoms in total. The molecule has 0 aromatic heterocycles. The molecule has 0 aliphatic rings. The van der Waals surface area contributed by atoms with E-state index >= 15 is 0 Å². The maximum atomic E-state index is 9.32. The second kappa shape index (κ2) is 7.32. The largest absolute Gasteiger partial charge is 0.508 e. The van der Waals surface area contributed by atoms with Crippen molar-refractivity contribution in [2.75, 3.05) is 12.4 Å². The molecule has 0 fully saturated rings. The lowest BCUT2D eigenvalue weighted by molar-refractivity contribution is 0.343. The average molecular weight is 350 g/mol. The van der Waals surface area contributed by atoms with Crippen LogP contribution in [0.3, 0.4) is 0 Å². The first-order chi connectivity index (χ1) is 9.56. The standard InChI is InChI=1S/C14H11Cl3O2S/c15-9-1-3-11(4-2-9)20-6-5-19-14-12(16)7-10(18)8-13(14)17/h1-4,7-8,18H,5-6H2. The lowest BCUT2D eigenvalue weighted by Crippen LogP contribution is -2.01. The summed E-state index contributed by atoms with van der Waals surface area (Å²) in [4.78, 5) is 1.11. The van der Waals surface area contributed by atoms with Crippen molar-refractivity contribution >= 4 is 46.6 Å². The molecular weight excluding hydrogens is 339 g/mol. The third-order valence-electron chi connectivity index (χ3n) is 2.40. The first-order valence-corrected chi connectivity index (χ1v) is 7.87. The molecule has 0 spiro atoms. The fourth-order valence-electron chi connectivity index (χ4n) is 1.52. The van der Waals surface area contributed by atoms with Crippen LogP contribution in [0.2, 0.25) is 15.1 Å². The van der Waals surface area contributed by atoms with Gasteiger partial charge in [0.2, 0.25) is 0 Å². The Morgan fingerprint density at radius 3 is 2.20 bits per heavy atom. The minimum absolute atomic E-state index is 0.0166. The topological polar surface area (TPSA) is 29.5 Å². The summed E-state index contributed by atoms with van der Waals surface area (Å²) in [5.41, 5.74) is 0. The maximum Gasteiger partial charge on any atom is 0.156 e. The molecule has 0 radical (unpaired) electrons. The molecule has 106 valence electrons. The predicted molar refractivity (Wildman–Crippen MR) is 85.8 cm³/mol. The van der Waals surface area contributed by atoms with Crippen LogP contribution < -0.4 is 4.74 Å². The van der Waals surface area contributed by atoms with Crippen LogP contribution in [-0.2, 0) is 0 Å². The van der Waals surface area contributed by atoms with Gasteiger partial charge >= 0.3 is 0 Å². The summed E-state index contributed by atoms with van der Waals surface area (Å²) in [7, 11) is 0. The summed E-state index contributed by atoms with van der Waals surface area (Å²) in [6, 6.07) is 10.4. The number of phenolic OH excluding ortho intramolecular Hbond substituents is 1. The number of benzene rings is 2. The second-order valence-corrected chi connectivity index (χ2v) is 6.31. The van der Waals surface area contributed by atoms with Crippen LogP contribution in [0.25, 0.3) is 0 Å². The summed E-state index contributed by atoms with van der Waals surface area (Å²) in [5.74, 6) is 1.15. The van der Waals surface area contributed by atoms with Gasteiger partial charge in [0.1, 0.15) is 5.75 Å². The molecule has 0 atom stereocenters. The summed E-state index contributed by atoms with van der Waals surface area (Å²) < 4.78 is 5.55. The van der Waals surface area contributed by atoms with Crippen LogP contribution in [0.4, 0.5) is 0 Å². The quantitative estimate of drug-likeness (QED) is 0.569. The van der Waals surface area contributed by atoms with Crippen molar-refractivity contribution in [1.82, 2.24) is 0 Å². The molecule has 0 aliphatic heterocycles. The molecule has 0 saturated heterocycles. The highest BCUT2D eigenvalue weighted by atomic mass is 35.5. The van der Waals surface area contributed by atoms with Crippen molar-refractivity contribution in [1.29, 1.82) is 0 Å². The zero-order chi connectivity index (χ0) is 14.5. The van der Waals surface area contributed by atoms with Crippen LogP contribution >= 0.6 is 46.6 Å². The molecule has 0 heterocycles. The summed E-state index contributed by atoms with van der Waals surface area (Å²) in [6.07, 6.45) is 0. The zero-order valence-electron chi connectivity index (χ0n) is 10.3. The van der Waals surface area contributed by atoms with Gasteiger partial charge in [-0.2, -0.15) is 0 Å². The van der Waals surface area contributed by atoms with Crippen molar-refractivity contribution in [3.63, 3.8) is 0 Å². The summed E-state index contributed by atoms with van der Waals surface area (Å²) >= 11 is 19.4. The van der Waals surface area contributed by atoms with Gasteiger partial charge in [0.05, 0.1) is 16.7 Å². The molecule has 0 unspecified atom stereocenters.